The van der Waals surface area contributed by atoms with Crippen molar-refractivity contribution in [1.29, 1.82) is 0 Å². The second-order valence-corrected chi connectivity index (χ2v) is 5.98. The van der Waals surface area contributed by atoms with Gasteiger partial charge in [-0.1, -0.05) is 0 Å². The van der Waals surface area contributed by atoms with Crippen LogP contribution in [0.4, 0.5) is 0 Å². The number of aliphatic hydroxyl groups excluding tert-OH is 1. The summed E-state index contributed by atoms with van der Waals surface area (Å²) in [6.45, 7) is 3.71. The maximum atomic E-state index is 12.3. The molecule has 0 bridgehead atoms. The van der Waals surface area contributed by atoms with Crippen molar-refractivity contribution in [2.75, 3.05) is 32.8 Å². The molecule has 1 aromatic carbocycles. The molecule has 1 saturated heterocycles. The number of aliphatic hydroxyl groups is 1. The Morgan fingerprint density at radius 2 is 2.09 bits per heavy atom. The highest BCUT2D eigenvalue weighted by Crippen LogP contribution is 2.31. The van der Waals surface area contributed by atoms with Crippen LogP contribution in [0.3, 0.4) is 0 Å². The summed E-state index contributed by atoms with van der Waals surface area (Å²) in [4.78, 5) is 14.5. The maximum absolute atomic E-state index is 12.3. The second kappa shape index (κ2) is 7.11. The van der Waals surface area contributed by atoms with Gasteiger partial charge in [0.1, 0.15) is 13.2 Å². The van der Waals surface area contributed by atoms with Gasteiger partial charge in [-0.05, 0) is 50.6 Å². The Kier molecular flexibility index (Phi) is 4.95. The molecule has 0 amide bonds. The van der Waals surface area contributed by atoms with E-state index in [-0.39, 0.29) is 11.9 Å². The number of benzene rings is 1. The van der Waals surface area contributed by atoms with Gasteiger partial charge in [-0.3, -0.25) is 4.79 Å². The molecule has 0 unspecified atom stereocenters. The van der Waals surface area contributed by atoms with Gasteiger partial charge in [-0.15, -0.1) is 0 Å². The molecule has 0 aliphatic carbocycles. The summed E-state index contributed by atoms with van der Waals surface area (Å²) in [5.74, 6) is 1.51. The lowest BCUT2D eigenvalue weighted by molar-refractivity contribution is 0.0692. The zero-order valence-electron chi connectivity index (χ0n) is 12.8. The first kappa shape index (κ1) is 15.3. The lowest BCUT2D eigenvalue weighted by Gasteiger charge is -2.29. The number of piperidine rings is 1. The molecule has 22 heavy (non-hydrogen) atoms. The second-order valence-electron chi connectivity index (χ2n) is 5.98. The Labute approximate surface area is 130 Å². The van der Waals surface area contributed by atoms with Crippen LogP contribution in [0.2, 0.25) is 0 Å². The van der Waals surface area contributed by atoms with E-state index in [4.69, 9.17) is 9.47 Å². The van der Waals surface area contributed by atoms with E-state index in [1.54, 1.807) is 12.1 Å². The fourth-order valence-electron chi connectivity index (χ4n) is 3.06. The molecule has 5 heteroatoms. The molecule has 1 atom stereocenters. The molecule has 0 spiro atoms. The number of carbonyl (C=O) groups excluding carboxylic acids is 1. The van der Waals surface area contributed by atoms with Gasteiger partial charge in [0, 0.05) is 18.5 Å². The third-order valence-electron chi connectivity index (χ3n) is 4.22. The Morgan fingerprint density at radius 1 is 1.27 bits per heavy atom. The van der Waals surface area contributed by atoms with Crippen molar-refractivity contribution in [2.45, 2.75) is 31.8 Å². The highest BCUT2D eigenvalue weighted by atomic mass is 16.6. The van der Waals surface area contributed by atoms with Crippen LogP contribution in [-0.4, -0.2) is 54.7 Å². The van der Waals surface area contributed by atoms with Crippen molar-refractivity contribution in [2.24, 2.45) is 0 Å². The SMILES string of the molecule is O=C(CCCN1CCC[C@@H](O)C1)c1ccc2c(c1)OCCO2. The maximum Gasteiger partial charge on any atom is 0.163 e. The normalized spacial score (nSPS) is 21.6. The van der Waals surface area contributed by atoms with Crippen LogP contribution < -0.4 is 9.47 Å². The van der Waals surface area contributed by atoms with Crippen LogP contribution in [0, 0.1) is 0 Å². The quantitative estimate of drug-likeness (QED) is 0.842. The number of ether oxygens (including phenoxy) is 2. The summed E-state index contributed by atoms with van der Waals surface area (Å²) in [5.41, 5.74) is 0.683. The van der Waals surface area contributed by atoms with E-state index in [0.717, 1.165) is 38.9 Å². The first-order chi connectivity index (χ1) is 10.7. The minimum Gasteiger partial charge on any atom is -0.486 e. The van der Waals surface area contributed by atoms with Crippen LogP contribution in [0.5, 0.6) is 11.5 Å². The van der Waals surface area contributed by atoms with Gasteiger partial charge in [-0.25, -0.2) is 0 Å². The molecule has 2 heterocycles. The summed E-state index contributed by atoms with van der Waals surface area (Å²) in [5, 5.41) is 9.64. The topological polar surface area (TPSA) is 59.0 Å². The molecule has 2 aliphatic heterocycles. The zero-order valence-corrected chi connectivity index (χ0v) is 12.8. The Balaban J connectivity index is 1.49. The van der Waals surface area contributed by atoms with Crippen molar-refractivity contribution >= 4 is 5.78 Å². The largest absolute Gasteiger partial charge is 0.486 e. The summed E-state index contributed by atoms with van der Waals surface area (Å²) in [6, 6.07) is 5.39. The number of rotatable bonds is 5. The molecule has 5 nitrogen and oxygen atoms in total. The van der Waals surface area contributed by atoms with E-state index in [1.165, 1.54) is 0 Å². The average molecular weight is 305 g/mol. The monoisotopic (exact) mass is 305 g/mol. The number of carbonyl (C=O) groups is 1. The van der Waals surface area contributed by atoms with Crippen LogP contribution in [0.15, 0.2) is 18.2 Å². The fourth-order valence-corrected chi connectivity index (χ4v) is 3.06. The number of likely N-dealkylation sites (tertiary alicyclic amines) is 1. The number of hydrogen-bond acceptors (Lipinski definition) is 5. The van der Waals surface area contributed by atoms with Crippen LogP contribution in [0.1, 0.15) is 36.0 Å². The van der Waals surface area contributed by atoms with Crippen molar-refractivity contribution < 1.29 is 19.4 Å². The molecule has 0 saturated carbocycles. The molecule has 0 aromatic heterocycles. The lowest BCUT2D eigenvalue weighted by atomic mass is 10.0. The molecule has 3 rings (SSSR count). The predicted octanol–water partition coefficient (Wildman–Crippen LogP) is 1.88. The summed E-state index contributed by atoms with van der Waals surface area (Å²) in [7, 11) is 0. The Morgan fingerprint density at radius 3 is 2.91 bits per heavy atom. The number of nitrogens with zero attached hydrogens (tertiary/aromatic N) is 1. The summed E-state index contributed by atoms with van der Waals surface area (Å²) in [6.07, 6.45) is 3.07. The first-order valence-electron chi connectivity index (χ1n) is 8.05. The molecular formula is C17H23NO4. The number of β-amino-alcohol motifs (C(OH)–C–C–N with tert-alkyl or cyclic N) is 1. The third-order valence-corrected chi connectivity index (χ3v) is 4.22. The minimum absolute atomic E-state index is 0.134. The standard InChI is InChI=1S/C17H23NO4/c19-14-3-1-7-18(12-14)8-2-4-15(20)13-5-6-16-17(11-13)22-10-9-21-16/h5-6,11,14,19H,1-4,7-10,12H2/t14-/m1/s1. The predicted molar refractivity (Wildman–Crippen MR) is 82.7 cm³/mol. The van der Waals surface area contributed by atoms with Crippen molar-refractivity contribution in [3.8, 4) is 11.5 Å². The Bertz CT molecular complexity index is 531. The molecule has 1 fully saturated rings. The van der Waals surface area contributed by atoms with Gasteiger partial charge in [-0.2, -0.15) is 0 Å². The Hall–Kier alpha value is -1.59. The number of fused-ring (bicyclic) bond motifs is 1. The third kappa shape index (κ3) is 3.78. The minimum atomic E-state index is -0.206. The van der Waals surface area contributed by atoms with Gasteiger partial charge in [0.15, 0.2) is 17.3 Å². The highest BCUT2D eigenvalue weighted by Gasteiger charge is 2.18. The molecule has 1 aromatic rings. The molecule has 1 N–H and O–H groups in total. The lowest BCUT2D eigenvalue weighted by Crippen LogP contribution is -2.38. The van der Waals surface area contributed by atoms with Gasteiger partial charge < -0.3 is 19.5 Å². The average Bonchev–Trinajstić information content (AvgIpc) is 2.54. The van der Waals surface area contributed by atoms with E-state index in [9.17, 15) is 9.90 Å². The van der Waals surface area contributed by atoms with Crippen LogP contribution >= 0.6 is 0 Å². The number of ketones is 1. The summed E-state index contributed by atoms with van der Waals surface area (Å²) >= 11 is 0. The number of hydrogen-bond donors (Lipinski definition) is 1. The van der Waals surface area contributed by atoms with E-state index < -0.39 is 0 Å². The summed E-state index contributed by atoms with van der Waals surface area (Å²) < 4.78 is 11.0. The van der Waals surface area contributed by atoms with Crippen LogP contribution in [0.25, 0.3) is 0 Å². The van der Waals surface area contributed by atoms with Crippen LogP contribution in [-0.2, 0) is 0 Å². The molecule has 120 valence electrons. The van der Waals surface area contributed by atoms with Crippen molar-refractivity contribution in [3.05, 3.63) is 23.8 Å². The van der Waals surface area contributed by atoms with Gasteiger partial charge in [0.2, 0.25) is 0 Å². The van der Waals surface area contributed by atoms with Gasteiger partial charge in [0.05, 0.1) is 6.10 Å². The molecule has 0 radical (unpaired) electrons. The first-order valence-corrected chi connectivity index (χ1v) is 8.05. The van der Waals surface area contributed by atoms with E-state index >= 15 is 0 Å². The smallest absolute Gasteiger partial charge is 0.163 e. The fraction of sp³-hybridized carbons (Fsp3) is 0.588. The van der Waals surface area contributed by atoms with Crippen molar-refractivity contribution in [3.63, 3.8) is 0 Å². The number of Topliss-reactive ketones (excluding diaryl/α,β-unsaturated/α-hetero) is 1. The highest BCUT2D eigenvalue weighted by molar-refractivity contribution is 5.96. The van der Waals surface area contributed by atoms with E-state index in [0.29, 0.717) is 36.7 Å². The van der Waals surface area contributed by atoms with E-state index in [1.807, 2.05) is 6.07 Å². The molecule has 2 aliphatic rings. The zero-order chi connectivity index (χ0) is 15.4. The van der Waals surface area contributed by atoms with Gasteiger partial charge in [0.25, 0.3) is 0 Å². The van der Waals surface area contributed by atoms with E-state index in [2.05, 4.69) is 4.90 Å². The van der Waals surface area contributed by atoms with Gasteiger partial charge >= 0.3 is 0 Å². The van der Waals surface area contributed by atoms with Crippen molar-refractivity contribution in [1.82, 2.24) is 4.90 Å². The molecular weight excluding hydrogens is 282 g/mol.